The van der Waals surface area contributed by atoms with Crippen LogP contribution in [0, 0.1) is 10.1 Å². The van der Waals surface area contributed by atoms with E-state index in [1.165, 1.54) is 26.2 Å². The van der Waals surface area contributed by atoms with Crippen LogP contribution in [0.1, 0.15) is 17.3 Å². The van der Waals surface area contributed by atoms with Gasteiger partial charge in [0.2, 0.25) is 5.75 Å². The molecule has 0 radical (unpaired) electrons. The lowest BCUT2D eigenvalue weighted by Gasteiger charge is -2.07. The van der Waals surface area contributed by atoms with Crippen LogP contribution in [0.3, 0.4) is 0 Å². The van der Waals surface area contributed by atoms with E-state index in [0.29, 0.717) is 0 Å². The number of rotatable bonds is 3. The second-order valence-electron chi connectivity index (χ2n) is 2.79. The number of nitrogens with zero attached hydrogens (tertiary/aromatic N) is 1. The van der Waals surface area contributed by atoms with Crippen LogP contribution in [0.15, 0.2) is 12.1 Å². The predicted octanol–water partition coefficient (Wildman–Crippen LogP) is 2.46. The maximum atomic E-state index is 11.2. The van der Waals surface area contributed by atoms with E-state index >= 15 is 0 Å². The Bertz CT molecular complexity index is 430. The zero-order chi connectivity index (χ0) is 11.6. The number of nitro benzene ring substituents is 1. The number of hydrogen-bond donors (Lipinski definition) is 0. The minimum atomic E-state index is -0.623. The van der Waals surface area contributed by atoms with Crippen LogP contribution in [-0.4, -0.2) is 17.8 Å². The summed E-state index contributed by atoms with van der Waals surface area (Å²) in [5, 5.41) is 10.8. The monoisotopic (exact) mass is 229 g/mol. The molecule has 1 aromatic rings. The smallest absolute Gasteiger partial charge is 0.311 e. The second-order valence-corrected chi connectivity index (χ2v) is 3.20. The Balaban J connectivity index is 3.54. The molecule has 0 fully saturated rings. The van der Waals surface area contributed by atoms with Crippen molar-refractivity contribution in [2.75, 3.05) is 7.11 Å². The molecule has 0 aliphatic carbocycles. The highest BCUT2D eigenvalue weighted by Gasteiger charge is 2.23. The molecular weight excluding hydrogens is 222 g/mol. The van der Waals surface area contributed by atoms with E-state index in [2.05, 4.69) is 0 Å². The van der Waals surface area contributed by atoms with E-state index in [1.807, 2.05) is 0 Å². The number of nitro groups is 1. The van der Waals surface area contributed by atoms with Crippen LogP contribution in [0.4, 0.5) is 5.69 Å². The predicted molar refractivity (Wildman–Crippen MR) is 54.7 cm³/mol. The van der Waals surface area contributed by atoms with Crippen molar-refractivity contribution in [1.29, 1.82) is 0 Å². The Hall–Kier alpha value is -1.62. The summed E-state index contributed by atoms with van der Waals surface area (Å²) in [5.74, 6) is -0.472. The first-order valence-electron chi connectivity index (χ1n) is 4.00. The lowest BCUT2D eigenvalue weighted by molar-refractivity contribution is -0.385. The summed E-state index contributed by atoms with van der Waals surface area (Å²) >= 11 is 5.76. The van der Waals surface area contributed by atoms with Gasteiger partial charge in [-0.1, -0.05) is 11.6 Å². The number of carbonyl (C=O) groups excluding carboxylic acids is 1. The molecule has 0 amide bonds. The summed E-state index contributed by atoms with van der Waals surface area (Å²) in [6, 6.07) is 2.51. The zero-order valence-corrected chi connectivity index (χ0v) is 8.87. The number of carbonyl (C=O) groups is 1. The Kier molecular flexibility index (Phi) is 3.26. The Morgan fingerprint density at radius 2 is 2.13 bits per heavy atom. The second kappa shape index (κ2) is 4.27. The first-order valence-corrected chi connectivity index (χ1v) is 4.38. The van der Waals surface area contributed by atoms with Gasteiger partial charge in [0.1, 0.15) is 0 Å². The highest BCUT2D eigenvalue weighted by molar-refractivity contribution is 6.34. The van der Waals surface area contributed by atoms with E-state index < -0.39 is 4.92 Å². The first kappa shape index (κ1) is 11.5. The van der Waals surface area contributed by atoms with Gasteiger partial charge in [0.15, 0.2) is 5.78 Å². The van der Waals surface area contributed by atoms with E-state index in [1.54, 1.807) is 0 Å². The zero-order valence-electron chi connectivity index (χ0n) is 8.11. The van der Waals surface area contributed by atoms with Gasteiger partial charge in [-0.3, -0.25) is 14.9 Å². The third-order valence-electron chi connectivity index (χ3n) is 1.84. The first-order chi connectivity index (χ1) is 6.99. The number of ketones is 1. The molecule has 6 heteroatoms. The largest absolute Gasteiger partial charge is 0.490 e. The summed E-state index contributed by atoms with van der Waals surface area (Å²) in [7, 11) is 1.26. The van der Waals surface area contributed by atoms with Gasteiger partial charge in [0, 0.05) is 6.07 Å². The fourth-order valence-corrected chi connectivity index (χ4v) is 1.51. The van der Waals surface area contributed by atoms with Crippen LogP contribution in [0.2, 0.25) is 5.02 Å². The molecule has 0 saturated heterocycles. The molecule has 0 N–H and O–H groups in total. The fourth-order valence-electron chi connectivity index (χ4n) is 1.23. The lowest BCUT2D eigenvalue weighted by Crippen LogP contribution is -2.02. The third-order valence-corrected chi connectivity index (χ3v) is 2.15. The van der Waals surface area contributed by atoms with E-state index in [4.69, 9.17) is 16.3 Å². The Labute approximate surface area is 90.8 Å². The van der Waals surface area contributed by atoms with Gasteiger partial charge in [-0.25, -0.2) is 0 Å². The van der Waals surface area contributed by atoms with Crippen LogP contribution in [-0.2, 0) is 0 Å². The summed E-state index contributed by atoms with van der Waals surface area (Å²) in [5.41, 5.74) is -0.236. The van der Waals surface area contributed by atoms with Crippen molar-refractivity contribution in [1.82, 2.24) is 0 Å². The van der Waals surface area contributed by atoms with Crippen LogP contribution < -0.4 is 4.74 Å². The third kappa shape index (κ3) is 2.07. The molecule has 0 aromatic heterocycles. The van der Waals surface area contributed by atoms with Gasteiger partial charge in [-0.2, -0.15) is 0 Å². The van der Waals surface area contributed by atoms with E-state index in [9.17, 15) is 14.9 Å². The van der Waals surface area contributed by atoms with Gasteiger partial charge in [-0.05, 0) is 13.0 Å². The standard InChI is InChI=1S/C9H8ClNO4/c1-5(12)8-6(10)3-4-7(11(13)14)9(8)15-2/h3-4H,1-2H3. The maximum Gasteiger partial charge on any atom is 0.311 e. The average molecular weight is 230 g/mol. The maximum absolute atomic E-state index is 11.2. The molecule has 0 unspecified atom stereocenters. The summed E-state index contributed by atoms with van der Waals surface area (Å²) in [6.07, 6.45) is 0. The van der Waals surface area contributed by atoms with Crippen LogP contribution in [0.5, 0.6) is 5.75 Å². The van der Waals surface area contributed by atoms with Gasteiger partial charge in [-0.15, -0.1) is 0 Å². The lowest BCUT2D eigenvalue weighted by atomic mass is 10.1. The van der Waals surface area contributed by atoms with Crippen molar-refractivity contribution in [2.45, 2.75) is 6.92 Å². The molecule has 80 valence electrons. The summed E-state index contributed by atoms with van der Waals surface area (Å²) < 4.78 is 4.83. The quantitative estimate of drug-likeness (QED) is 0.454. The topological polar surface area (TPSA) is 69.4 Å². The molecule has 15 heavy (non-hydrogen) atoms. The van der Waals surface area contributed by atoms with Gasteiger partial charge in [0.25, 0.3) is 0 Å². The molecule has 1 aromatic carbocycles. The van der Waals surface area contributed by atoms with Crippen molar-refractivity contribution in [3.63, 3.8) is 0 Å². The Morgan fingerprint density at radius 1 is 1.53 bits per heavy atom. The molecule has 0 spiro atoms. The molecule has 0 aliphatic heterocycles. The highest BCUT2D eigenvalue weighted by Crippen LogP contribution is 2.35. The van der Waals surface area contributed by atoms with Crippen LogP contribution >= 0.6 is 11.6 Å². The number of ether oxygens (including phenoxy) is 1. The Morgan fingerprint density at radius 3 is 2.53 bits per heavy atom. The highest BCUT2D eigenvalue weighted by atomic mass is 35.5. The normalized spacial score (nSPS) is 9.80. The number of halogens is 1. The molecule has 0 aliphatic rings. The van der Waals surface area contributed by atoms with Crippen molar-refractivity contribution in [3.8, 4) is 5.75 Å². The molecule has 5 nitrogen and oxygen atoms in total. The SMILES string of the molecule is COc1c([N+](=O)[O-])ccc(Cl)c1C(C)=O. The number of benzene rings is 1. The molecule has 0 bridgehead atoms. The minimum Gasteiger partial charge on any atom is -0.490 e. The molecular formula is C9H8ClNO4. The van der Waals surface area contributed by atoms with Crippen molar-refractivity contribution < 1.29 is 14.5 Å². The van der Waals surface area contributed by atoms with Crippen LogP contribution in [0.25, 0.3) is 0 Å². The minimum absolute atomic E-state index is 0.0355. The summed E-state index contributed by atoms with van der Waals surface area (Å²) in [6.45, 7) is 1.27. The molecule has 0 saturated carbocycles. The summed E-state index contributed by atoms with van der Waals surface area (Å²) in [4.78, 5) is 21.2. The molecule has 0 heterocycles. The van der Waals surface area contributed by atoms with Gasteiger partial charge >= 0.3 is 5.69 Å². The van der Waals surface area contributed by atoms with E-state index in [0.717, 1.165) is 0 Å². The van der Waals surface area contributed by atoms with E-state index in [-0.39, 0.29) is 27.8 Å². The number of Topliss-reactive ketones (excluding diaryl/α,β-unsaturated/α-hetero) is 1. The van der Waals surface area contributed by atoms with Crippen molar-refractivity contribution >= 4 is 23.1 Å². The van der Waals surface area contributed by atoms with Gasteiger partial charge < -0.3 is 4.74 Å². The molecule has 1 rings (SSSR count). The average Bonchev–Trinajstić information content (AvgIpc) is 2.15. The fraction of sp³-hybridized carbons (Fsp3) is 0.222. The molecule has 0 atom stereocenters. The van der Waals surface area contributed by atoms with Gasteiger partial charge in [0.05, 0.1) is 22.6 Å². The number of methoxy groups -OCH3 is 1. The van der Waals surface area contributed by atoms with Crippen molar-refractivity contribution in [3.05, 3.63) is 32.8 Å². The van der Waals surface area contributed by atoms with Crippen molar-refractivity contribution in [2.24, 2.45) is 0 Å². The number of hydrogen-bond acceptors (Lipinski definition) is 4.